The summed E-state index contributed by atoms with van der Waals surface area (Å²) in [7, 11) is 0. The molecule has 2 aromatic rings. The second-order valence-electron chi connectivity index (χ2n) is 5.97. The van der Waals surface area contributed by atoms with Crippen molar-refractivity contribution in [3.05, 3.63) is 64.7 Å². The van der Waals surface area contributed by atoms with Gasteiger partial charge in [0.05, 0.1) is 0 Å². The number of anilines is 1. The van der Waals surface area contributed by atoms with Gasteiger partial charge in [0.2, 0.25) is 0 Å². The van der Waals surface area contributed by atoms with E-state index < -0.39 is 0 Å². The number of benzene rings is 2. The smallest absolute Gasteiger partial charge is 0.193 e. The molecule has 4 heteroatoms. The van der Waals surface area contributed by atoms with E-state index in [2.05, 4.69) is 59.7 Å². The van der Waals surface area contributed by atoms with Crippen LogP contribution in [0.5, 0.6) is 0 Å². The Morgan fingerprint density at radius 3 is 2.78 bits per heavy atom. The van der Waals surface area contributed by atoms with Crippen LogP contribution in [0, 0.1) is 6.92 Å². The van der Waals surface area contributed by atoms with Crippen molar-refractivity contribution in [1.29, 1.82) is 0 Å². The second kappa shape index (κ2) is 8.34. The number of aliphatic imine (C=N–C) groups is 1. The maximum Gasteiger partial charge on any atom is 0.193 e. The van der Waals surface area contributed by atoms with Crippen molar-refractivity contribution in [2.75, 3.05) is 11.9 Å². The molecule has 0 amide bonds. The average Bonchev–Trinajstić information content (AvgIpc) is 2.95. The number of fused-ring (bicyclic) bond motifs is 1. The van der Waals surface area contributed by atoms with Gasteiger partial charge in [0.25, 0.3) is 0 Å². The first kappa shape index (κ1) is 17.8. The zero-order valence-electron chi connectivity index (χ0n) is 13.5. The van der Waals surface area contributed by atoms with E-state index in [4.69, 9.17) is 5.73 Å². The van der Waals surface area contributed by atoms with Gasteiger partial charge in [0.1, 0.15) is 0 Å². The van der Waals surface area contributed by atoms with Crippen molar-refractivity contribution in [3.8, 4) is 0 Å². The third-order valence-corrected chi connectivity index (χ3v) is 4.14. The highest BCUT2D eigenvalue weighted by Gasteiger charge is 2.10. The largest absolute Gasteiger partial charge is 0.370 e. The Balaban J connectivity index is 0.00000192. The van der Waals surface area contributed by atoms with Gasteiger partial charge < -0.3 is 11.1 Å². The van der Waals surface area contributed by atoms with E-state index in [1.54, 1.807) is 0 Å². The molecule has 0 heterocycles. The summed E-state index contributed by atoms with van der Waals surface area (Å²) in [5, 5.41) is 3.20. The zero-order valence-corrected chi connectivity index (χ0v) is 15.8. The van der Waals surface area contributed by atoms with Crippen LogP contribution in [0.3, 0.4) is 0 Å². The normalized spacial score (nSPS) is 13.3. The van der Waals surface area contributed by atoms with Crippen LogP contribution in [0.2, 0.25) is 0 Å². The van der Waals surface area contributed by atoms with Gasteiger partial charge in [-0.25, -0.2) is 0 Å². The summed E-state index contributed by atoms with van der Waals surface area (Å²) in [5.74, 6) is 0.491. The average molecular weight is 421 g/mol. The van der Waals surface area contributed by atoms with Crippen LogP contribution in [0.4, 0.5) is 5.69 Å². The number of hydrogen-bond acceptors (Lipinski definition) is 1. The van der Waals surface area contributed by atoms with Crippen LogP contribution in [-0.2, 0) is 19.3 Å². The van der Waals surface area contributed by atoms with E-state index in [9.17, 15) is 0 Å². The van der Waals surface area contributed by atoms with E-state index in [0.717, 1.165) is 12.1 Å². The fourth-order valence-electron chi connectivity index (χ4n) is 3.01. The van der Waals surface area contributed by atoms with E-state index in [1.807, 2.05) is 0 Å². The second-order valence-corrected chi connectivity index (χ2v) is 5.97. The quantitative estimate of drug-likeness (QED) is 0.444. The Kier molecular flexibility index (Phi) is 6.45. The highest BCUT2D eigenvalue weighted by atomic mass is 127. The molecular formula is C19H24IN3. The third kappa shape index (κ3) is 4.96. The molecule has 1 aliphatic rings. The maximum atomic E-state index is 5.98. The Bertz CT molecular complexity index is 695. The van der Waals surface area contributed by atoms with Crippen molar-refractivity contribution in [2.24, 2.45) is 10.7 Å². The van der Waals surface area contributed by atoms with Gasteiger partial charge in [-0.15, -0.1) is 24.0 Å². The van der Waals surface area contributed by atoms with E-state index >= 15 is 0 Å². The predicted molar refractivity (Wildman–Crippen MR) is 109 cm³/mol. The molecular weight excluding hydrogens is 397 g/mol. The topological polar surface area (TPSA) is 50.4 Å². The lowest BCUT2D eigenvalue weighted by Crippen LogP contribution is -2.23. The molecule has 122 valence electrons. The van der Waals surface area contributed by atoms with Gasteiger partial charge in [-0.05, 0) is 61.4 Å². The molecule has 0 unspecified atom stereocenters. The van der Waals surface area contributed by atoms with Crippen LogP contribution in [0.25, 0.3) is 0 Å². The summed E-state index contributed by atoms with van der Waals surface area (Å²) in [5.41, 5.74) is 12.5. The summed E-state index contributed by atoms with van der Waals surface area (Å²) in [6.07, 6.45) is 4.55. The first-order valence-corrected chi connectivity index (χ1v) is 7.95. The lowest BCUT2D eigenvalue weighted by atomic mass is 10.1. The molecule has 0 radical (unpaired) electrons. The van der Waals surface area contributed by atoms with Crippen LogP contribution in [0.1, 0.15) is 28.7 Å². The van der Waals surface area contributed by atoms with Crippen LogP contribution >= 0.6 is 24.0 Å². The van der Waals surface area contributed by atoms with E-state index in [1.165, 1.54) is 41.5 Å². The van der Waals surface area contributed by atoms with Crippen molar-refractivity contribution in [2.45, 2.75) is 32.6 Å². The number of halogens is 1. The summed E-state index contributed by atoms with van der Waals surface area (Å²) in [6, 6.07) is 15.0. The first-order valence-electron chi connectivity index (χ1n) is 7.95. The van der Waals surface area contributed by atoms with Gasteiger partial charge in [-0.3, -0.25) is 4.99 Å². The van der Waals surface area contributed by atoms with Gasteiger partial charge in [-0.1, -0.05) is 35.9 Å². The van der Waals surface area contributed by atoms with Gasteiger partial charge in [-0.2, -0.15) is 0 Å². The van der Waals surface area contributed by atoms with Crippen molar-refractivity contribution in [1.82, 2.24) is 0 Å². The lowest BCUT2D eigenvalue weighted by Gasteiger charge is -2.08. The zero-order chi connectivity index (χ0) is 15.4. The molecule has 0 saturated carbocycles. The summed E-state index contributed by atoms with van der Waals surface area (Å²) < 4.78 is 0. The Hall–Kier alpha value is -1.56. The minimum absolute atomic E-state index is 0. The summed E-state index contributed by atoms with van der Waals surface area (Å²) in [4.78, 5) is 4.42. The number of aryl methyl sites for hydroxylation is 3. The molecule has 23 heavy (non-hydrogen) atoms. The molecule has 0 aromatic heterocycles. The molecule has 0 fully saturated rings. The van der Waals surface area contributed by atoms with Gasteiger partial charge >= 0.3 is 0 Å². The molecule has 3 nitrogen and oxygen atoms in total. The minimum atomic E-state index is 0. The Morgan fingerprint density at radius 2 is 1.96 bits per heavy atom. The number of nitrogens with one attached hydrogen (secondary N) is 1. The monoisotopic (exact) mass is 421 g/mol. The predicted octanol–water partition coefficient (Wildman–Crippen LogP) is 4.07. The van der Waals surface area contributed by atoms with Crippen molar-refractivity contribution < 1.29 is 0 Å². The molecule has 0 saturated heterocycles. The van der Waals surface area contributed by atoms with E-state index in [0.29, 0.717) is 12.5 Å². The van der Waals surface area contributed by atoms with Crippen LogP contribution in [-0.4, -0.2) is 12.5 Å². The molecule has 0 atom stereocenters. The van der Waals surface area contributed by atoms with Crippen molar-refractivity contribution in [3.63, 3.8) is 0 Å². The molecule has 1 aliphatic carbocycles. The third-order valence-electron chi connectivity index (χ3n) is 4.14. The first-order chi connectivity index (χ1) is 10.7. The number of guanidine groups is 1. The molecule has 0 aliphatic heterocycles. The van der Waals surface area contributed by atoms with Crippen LogP contribution in [0.15, 0.2) is 47.5 Å². The van der Waals surface area contributed by atoms with Crippen molar-refractivity contribution >= 4 is 35.6 Å². The fraction of sp³-hybridized carbons (Fsp3) is 0.316. The van der Waals surface area contributed by atoms with Crippen LogP contribution < -0.4 is 11.1 Å². The fourth-order valence-corrected chi connectivity index (χ4v) is 3.01. The molecule has 3 N–H and O–H groups in total. The SMILES string of the molecule is Cc1cccc(CCN=C(N)Nc2ccc3c(c2)CCC3)c1.I. The molecule has 2 aromatic carbocycles. The standard InChI is InChI=1S/C19H23N3.HI/c1-14-4-2-5-15(12-14)10-11-21-19(20)22-18-9-8-16-6-3-7-17(16)13-18;/h2,4-5,8-9,12-13H,3,6-7,10-11H2,1H3,(H3,20,21,22);1H. The van der Waals surface area contributed by atoms with Gasteiger partial charge in [0.15, 0.2) is 5.96 Å². The molecule has 3 rings (SSSR count). The highest BCUT2D eigenvalue weighted by Crippen LogP contribution is 2.24. The lowest BCUT2D eigenvalue weighted by molar-refractivity contribution is 0.912. The number of rotatable bonds is 4. The summed E-state index contributed by atoms with van der Waals surface area (Å²) in [6.45, 7) is 2.81. The maximum absolute atomic E-state index is 5.98. The minimum Gasteiger partial charge on any atom is -0.370 e. The molecule has 0 spiro atoms. The number of nitrogens with two attached hydrogens (primary N) is 1. The Labute approximate surface area is 155 Å². The number of hydrogen-bond donors (Lipinski definition) is 2. The highest BCUT2D eigenvalue weighted by molar-refractivity contribution is 14.0. The van der Waals surface area contributed by atoms with E-state index in [-0.39, 0.29) is 24.0 Å². The molecule has 0 bridgehead atoms. The summed E-state index contributed by atoms with van der Waals surface area (Å²) >= 11 is 0. The Morgan fingerprint density at radius 1 is 1.13 bits per heavy atom. The number of nitrogens with zero attached hydrogens (tertiary/aromatic N) is 1. The van der Waals surface area contributed by atoms with Gasteiger partial charge in [0, 0.05) is 12.2 Å².